The monoisotopic (exact) mass is 518 g/mol. The summed E-state index contributed by atoms with van der Waals surface area (Å²) in [4.78, 5) is 26.5. The summed E-state index contributed by atoms with van der Waals surface area (Å²) in [6.45, 7) is 13.5. The molecular formula is C29H40F2N2O4. The molecular weight excluding hydrogens is 478 g/mol. The fraction of sp³-hybridized carbons (Fsp3) is 0.517. The third-order valence-electron chi connectivity index (χ3n) is 5.94. The molecule has 0 fully saturated rings. The highest BCUT2D eigenvalue weighted by Crippen LogP contribution is 2.36. The number of carboxylic acid groups (broad SMARTS) is 1. The van der Waals surface area contributed by atoms with Gasteiger partial charge < -0.3 is 20.1 Å². The number of anilines is 2. The van der Waals surface area contributed by atoms with Crippen LogP contribution in [0.5, 0.6) is 5.75 Å². The fourth-order valence-corrected chi connectivity index (χ4v) is 4.39. The molecule has 0 radical (unpaired) electrons. The van der Waals surface area contributed by atoms with Crippen LogP contribution in [0.2, 0.25) is 0 Å². The minimum atomic E-state index is -1.02. The molecule has 0 spiro atoms. The second-order valence-electron chi connectivity index (χ2n) is 10.2. The zero-order valence-electron chi connectivity index (χ0n) is 22.7. The van der Waals surface area contributed by atoms with Gasteiger partial charge in [0, 0.05) is 19.2 Å². The molecule has 0 aliphatic heterocycles. The zero-order chi connectivity index (χ0) is 27.7. The molecule has 6 nitrogen and oxygen atoms in total. The maximum absolute atomic E-state index is 15.4. The van der Waals surface area contributed by atoms with E-state index >= 15 is 4.39 Å². The number of carboxylic acids is 1. The number of carbonyl (C=O) groups is 2. The molecule has 0 aromatic heterocycles. The summed E-state index contributed by atoms with van der Waals surface area (Å²) >= 11 is 0. The number of halogens is 2. The summed E-state index contributed by atoms with van der Waals surface area (Å²) in [5, 5.41) is 12.2. The van der Waals surface area contributed by atoms with Gasteiger partial charge >= 0.3 is 5.97 Å². The van der Waals surface area contributed by atoms with Gasteiger partial charge in [-0.2, -0.15) is 0 Å². The molecule has 1 unspecified atom stereocenters. The molecule has 0 aliphatic carbocycles. The molecule has 37 heavy (non-hydrogen) atoms. The fourth-order valence-electron chi connectivity index (χ4n) is 4.39. The van der Waals surface area contributed by atoms with Crippen LogP contribution in [0, 0.1) is 23.5 Å². The van der Waals surface area contributed by atoms with E-state index in [-0.39, 0.29) is 35.8 Å². The topological polar surface area (TPSA) is 78.9 Å². The van der Waals surface area contributed by atoms with Crippen molar-refractivity contribution in [1.82, 2.24) is 0 Å². The first kappa shape index (κ1) is 30.1. The van der Waals surface area contributed by atoms with E-state index in [9.17, 15) is 19.1 Å². The summed E-state index contributed by atoms with van der Waals surface area (Å²) in [7, 11) is 0. The number of nitrogens with one attached hydrogen (secondary N) is 1. The number of aliphatic carboxylic acids is 1. The lowest BCUT2D eigenvalue weighted by molar-refractivity contribution is -0.137. The van der Waals surface area contributed by atoms with Crippen molar-refractivity contribution in [3.05, 3.63) is 53.1 Å². The minimum absolute atomic E-state index is 0.211. The summed E-state index contributed by atoms with van der Waals surface area (Å²) < 4.78 is 35.3. The molecule has 2 rings (SSSR count). The number of ether oxygens (including phenoxy) is 1. The highest BCUT2D eigenvalue weighted by molar-refractivity contribution is 5.96. The van der Waals surface area contributed by atoms with Crippen LogP contribution in [0.4, 0.5) is 20.2 Å². The van der Waals surface area contributed by atoms with Crippen molar-refractivity contribution in [2.24, 2.45) is 11.8 Å². The summed E-state index contributed by atoms with van der Waals surface area (Å²) in [5.74, 6) is -2.13. The third-order valence-corrected chi connectivity index (χ3v) is 5.94. The van der Waals surface area contributed by atoms with Crippen LogP contribution in [0.25, 0.3) is 0 Å². The summed E-state index contributed by atoms with van der Waals surface area (Å²) in [6.07, 6.45) is -0.0145. The van der Waals surface area contributed by atoms with Crippen LogP contribution < -0.4 is 15.0 Å². The molecule has 0 aliphatic rings. The van der Waals surface area contributed by atoms with Gasteiger partial charge in [-0.3, -0.25) is 9.59 Å². The number of carbonyl (C=O) groups excluding carboxylic acids is 1. The van der Waals surface area contributed by atoms with Crippen LogP contribution in [0.15, 0.2) is 30.3 Å². The predicted octanol–water partition coefficient (Wildman–Crippen LogP) is 6.63. The molecule has 1 atom stereocenters. The molecule has 2 N–H and O–H groups in total. The van der Waals surface area contributed by atoms with Crippen molar-refractivity contribution in [3.63, 3.8) is 0 Å². The molecule has 0 bridgehead atoms. The Balaban J connectivity index is 2.49. The van der Waals surface area contributed by atoms with Crippen molar-refractivity contribution in [2.75, 3.05) is 29.9 Å². The maximum Gasteiger partial charge on any atom is 0.303 e. The molecule has 2 aromatic rings. The van der Waals surface area contributed by atoms with Gasteiger partial charge in [-0.05, 0) is 60.4 Å². The summed E-state index contributed by atoms with van der Waals surface area (Å²) in [6, 6.07) is 7.31. The second-order valence-corrected chi connectivity index (χ2v) is 10.2. The van der Waals surface area contributed by atoms with Gasteiger partial charge in [-0.1, -0.05) is 40.7 Å². The average Bonchev–Trinajstić information content (AvgIpc) is 2.79. The molecule has 1 amide bonds. The first-order valence-electron chi connectivity index (χ1n) is 13.0. The van der Waals surface area contributed by atoms with E-state index in [2.05, 4.69) is 33.0 Å². The van der Waals surface area contributed by atoms with Crippen LogP contribution in [0.1, 0.15) is 71.4 Å². The first-order valence-corrected chi connectivity index (χ1v) is 13.0. The van der Waals surface area contributed by atoms with E-state index in [1.807, 2.05) is 4.90 Å². The Morgan fingerprint density at radius 3 is 2.16 bits per heavy atom. The lowest BCUT2D eigenvalue weighted by Gasteiger charge is -2.31. The molecule has 2 aromatic carbocycles. The van der Waals surface area contributed by atoms with Crippen molar-refractivity contribution in [3.8, 4) is 5.75 Å². The van der Waals surface area contributed by atoms with Crippen LogP contribution in [-0.2, 0) is 16.0 Å². The normalized spacial score (nSPS) is 12.1. The largest absolute Gasteiger partial charge is 0.494 e. The van der Waals surface area contributed by atoms with E-state index in [0.29, 0.717) is 43.2 Å². The van der Waals surface area contributed by atoms with Gasteiger partial charge in [0.1, 0.15) is 17.4 Å². The number of amides is 1. The average molecular weight is 519 g/mol. The predicted molar refractivity (Wildman–Crippen MR) is 143 cm³/mol. The van der Waals surface area contributed by atoms with E-state index in [0.717, 1.165) is 0 Å². The lowest BCUT2D eigenvalue weighted by Crippen LogP contribution is -2.32. The van der Waals surface area contributed by atoms with E-state index in [1.54, 1.807) is 26.0 Å². The van der Waals surface area contributed by atoms with Crippen LogP contribution in [-0.4, -0.2) is 36.7 Å². The second kappa shape index (κ2) is 14.0. The number of benzene rings is 2. The Morgan fingerprint density at radius 2 is 1.65 bits per heavy atom. The number of hydrogen-bond acceptors (Lipinski definition) is 4. The zero-order valence-corrected chi connectivity index (χ0v) is 22.7. The van der Waals surface area contributed by atoms with Crippen molar-refractivity contribution in [2.45, 2.75) is 66.7 Å². The summed E-state index contributed by atoms with van der Waals surface area (Å²) in [5.41, 5.74) is 1.36. The Kier molecular flexibility index (Phi) is 11.3. The number of hydrogen-bond donors (Lipinski definition) is 2. The molecule has 8 heteroatoms. The Hall–Kier alpha value is -3.16. The smallest absolute Gasteiger partial charge is 0.303 e. The number of nitrogens with zero attached hydrogens (tertiary/aromatic N) is 1. The molecule has 204 valence electrons. The van der Waals surface area contributed by atoms with Gasteiger partial charge in [0.25, 0.3) is 0 Å². The van der Waals surface area contributed by atoms with Gasteiger partial charge in [0.2, 0.25) is 5.91 Å². The Bertz CT molecular complexity index is 1060. The van der Waals surface area contributed by atoms with E-state index < -0.39 is 29.4 Å². The Labute approximate surface area is 219 Å². The molecule has 0 saturated carbocycles. The van der Waals surface area contributed by atoms with Gasteiger partial charge in [-0.15, -0.1) is 0 Å². The van der Waals surface area contributed by atoms with Crippen molar-refractivity contribution < 1.29 is 28.2 Å². The van der Waals surface area contributed by atoms with Gasteiger partial charge in [-0.25, -0.2) is 8.78 Å². The van der Waals surface area contributed by atoms with Crippen LogP contribution >= 0.6 is 0 Å². The standard InChI is InChI=1S/C29H40F2N2O4/c1-7-20(12-29(35)36)23-14-26(27(15-25(23)31)33(16-18(3)4)17-19(5)6)32-28(34)11-21-9-10-22(37-8-2)13-24(21)30/h9-10,13-15,18-20H,7-8,11-12,16-17H2,1-6H3,(H,32,34)(H,35,36). The highest BCUT2D eigenvalue weighted by atomic mass is 19.1. The maximum atomic E-state index is 15.4. The first-order chi connectivity index (χ1) is 17.4. The SMILES string of the molecule is CCOc1ccc(CC(=O)Nc2cc(C(CC)CC(=O)O)c(F)cc2N(CC(C)C)CC(C)C)c(F)c1. The van der Waals surface area contributed by atoms with Crippen molar-refractivity contribution >= 4 is 23.3 Å². The minimum Gasteiger partial charge on any atom is -0.494 e. The number of rotatable bonds is 14. The van der Waals surface area contributed by atoms with Crippen LogP contribution in [0.3, 0.4) is 0 Å². The van der Waals surface area contributed by atoms with Gasteiger partial charge in [0.05, 0.1) is 30.8 Å². The van der Waals surface area contributed by atoms with Gasteiger partial charge in [0.15, 0.2) is 0 Å². The van der Waals surface area contributed by atoms with Crippen molar-refractivity contribution in [1.29, 1.82) is 0 Å². The van der Waals surface area contributed by atoms with E-state index in [4.69, 9.17) is 4.74 Å². The third kappa shape index (κ3) is 9.02. The molecule has 0 heterocycles. The molecule has 0 saturated heterocycles. The lowest BCUT2D eigenvalue weighted by atomic mass is 9.91. The van der Waals surface area contributed by atoms with E-state index in [1.165, 1.54) is 18.2 Å². The highest BCUT2D eigenvalue weighted by Gasteiger charge is 2.24. The Morgan fingerprint density at radius 1 is 1.00 bits per heavy atom. The quantitative estimate of drug-likeness (QED) is 0.293.